The molecule has 2 aromatic rings. The molecule has 1 N–H and O–H groups in total. The Morgan fingerprint density at radius 1 is 1.39 bits per heavy atom. The van der Waals surface area contributed by atoms with Gasteiger partial charge in [0, 0.05) is 12.6 Å². The second-order valence-electron chi connectivity index (χ2n) is 4.48. The van der Waals surface area contributed by atoms with Gasteiger partial charge in [0.1, 0.15) is 5.69 Å². The maximum absolute atomic E-state index is 11.9. The van der Waals surface area contributed by atoms with Crippen LogP contribution in [0.25, 0.3) is 10.6 Å². The lowest BCUT2D eigenvalue weighted by Crippen LogP contribution is -2.37. The van der Waals surface area contributed by atoms with E-state index < -0.39 is 0 Å². The Morgan fingerprint density at radius 2 is 2.33 bits per heavy atom. The molecule has 0 bridgehead atoms. The molecule has 0 aromatic carbocycles. The predicted molar refractivity (Wildman–Crippen MR) is 73.0 cm³/mol. The van der Waals surface area contributed by atoms with Crippen molar-refractivity contribution >= 4 is 11.3 Å². The van der Waals surface area contributed by atoms with E-state index in [2.05, 4.69) is 10.4 Å². The van der Waals surface area contributed by atoms with E-state index in [4.69, 9.17) is 0 Å². The van der Waals surface area contributed by atoms with Crippen LogP contribution in [-0.4, -0.2) is 22.9 Å². The summed E-state index contributed by atoms with van der Waals surface area (Å²) < 4.78 is 1.64. The van der Waals surface area contributed by atoms with E-state index in [0.717, 1.165) is 36.5 Å². The van der Waals surface area contributed by atoms with Crippen molar-refractivity contribution in [1.29, 1.82) is 0 Å². The molecule has 0 aliphatic carbocycles. The number of thiophene rings is 1. The quantitative estimate of drug-likeness (QED) is 0.898. The van der Waals surface area contributed by atoms with Crippen molar-refractivity contribution in [2.24, 2.45) is 0 Å². The van der Waals surface area contributed by atoms with Crippen LogP contribution in [0.5, 0.6) is 0 Å². The van der Waals surface area contributed by atoms with Crippen LogP contribution in [0.2, 0.25) is 0 Å². The monoisotopic (exact) mass is 261 g/mol. The van der Waals surface area contributed by atoms with E-state index in [1.807, 2.05) is 17.5 Å². The van der Waals surface area contributed by atoms with E-state index in [9.17, 15) is 4.79 Å². The van der Waals surface area contributed by atoms with Crippen LogP contribution in [0, 0.1) is 0 Å². The van der Waals surface area contributed by atoms with Crippen LogP contribution in [0.15, 0.2) is 34.4 Å². The molecule has 1 atom stereocenters. The van der Waals surface area contributed by atoms with Gasteiger partial charge in [-0.2, -0.15) is 5.10 Å². The topological polar surface area (TPSA) is 46.9 Å². The third-order valence-electron chi connectivity index (χ3n) is 3.22. The summed E-state index contributed by atoms with van der Waals surface area (Å²) in [5, 5.41) is 9.85. The molecule has 4 nitrogen and oxygen atoms in total. The van der Waals surface area contributed by atoms with Gasteiger partial charge in [0.05, 0.1) is 10.9 Å². The minimum absolute atomic E-state index is 0.0102. The van der Waals surface area contributed by atoms with E-state index >= 15 is 0 Å². The van der Waals surface area contributed by atoms with Gasteiger partial charge < -0.3 is 5.32 Å². The fourth-order valence-electron chi connectivity index (χ4n) is 2.28. The van der Waals surface area contributed by atoms with Crippen molar-refractivity contribution in [3.63, 3.8) is 0 Å². The average molecular weight is 261 g/mol. The number of piperidine rings is 1. The normalized spacial score (nSPS) is 19.9. The highest BCUT2D eigenvalue weighted by atomic mass is 32.1. The van der Waals surface area contributed by atoms with E-state index in [1.54, 1.807) is 28.2 Å². The standard InChI is InChI=1S/C13H15N3OS/c17-13-6-5-11(12-4-2-8-18-12)15-16(13)10-3-1-7-14-9-10/h2,4-6,8,10,14H,1,3,7,9H2. The molecule has 5 heteroatoms. The number of hydrogen-bond donors (Lipinski definition) is 1. The summed E-state index contributed by atoms with van der Waals surface area (Å²) in [5.74, 6) is 0. The molecule has 0 amide bonds. The third-order valence-corrected chi connectivity index (χ3v) is 4.11. The molecule has 0 saturated carbocycles. The minimum Gasteiger partial charge on any atom is -0.315 e. The molecule has 1 fully saturated rings. The largest absolute Gasteiger partial charge is 0.315 e. The minimum atomic E-state index is -0.0102. The molecule has 1 aliphatic heterocycles. The van der Waals surface area contributed by atoms with Crippen LogP contribution in [0.4, 0.5) is 0 Å². The molecule has 1 aliphatic rings. The summed E-state index contributed by atoms with van der Waals surface area (Å²) in [5.41, 5.74) is 0.874. The summed E-state index contributed by atoms with van der Waals surface area (Å²) in [6.07, 6.45) is 2.12. The molecule has 2 aromatic heterocycles. The number of aromatic nitrogens is 2. The van der Waals surface area contributed by atoms with Gasteiger partial charge in [0.2, 0.25) is 0 Å². The third kappa shape index (κ3) is 2.23. The van der Waals surface area contributed by atoms with E-state index in [1.165, 1.54) is 0 Å². The fourth-order valence-corrected chi connectivity index (χ4v) is 2.98. The molecule has 3 heterocycles. The fraction of sp³-hybridized carbons (Fsp3) is 0.385. The van der Waals surface area contributed by atoms with Crippen molar-refractivity contribution < 1.29 is 0 Å². The Balaban J connectivity index is 1.98. The molecule has 18 heavy (non-hydrogen) atoms. The average Bonchev–Trinajstić information content (AvgIpc) is 2.94. The maximum atomic E-state index is 11.9. The lowest BCUT2D eigenvalue weighted by atomic mass is 10.1. The molecule has 0 radical (unpaired) electrons. The molecule has 94 valence electrons. The molecule has 3 rings (SSSR count). The summed E-state index contributed by atoms with van der Waals surface area (Å²) in [4.78, 5) is 13.0. The van der Waals surface area contributed by atoms with Gasteiger partial charge in [-0.1, -0.05) is 6.07 Å². The highest BCUT2D eigenvalue weighted by molar-refractivity contribution is 7.13. The van der Waals surface area contributed by atoms with Crippen molar-refractivity contribution in [1.82, 2.24) is 15.1 Å². The lowest BCUT2D eigenvalue weighted by molar-refractivity contribution is 0.336. The van der Waals surface area contributed by atoms with Gasteiger partial charge in [-0.05, 0) is 36.9 Å². The Labute approximate surface area is 109 Å². The van der Waals surface area contributed by atoms with Gasteiger partial charge in [-0.15, -0.1) is 11.3 Å². The molecule has 1 unspecified atom stereocenters. The van der Waals surface area contributed by atoms with E-state index in [0.29, 0.717) is 0 Å². The zero-order chi connectivity index (χ0) is 12.4. The van der Waals surface area contributed by atoms with Gasteiger partial charge in [0.25, 0.3) is 5.56 Å². The van der Waals surface area contributed by atoms with Gasteiger partial charge in [-0.25, -0.2) is 4.68 Å². The first-order valence-electron chi connectivity index (χ1n) is 6.19. The summed E-state index contributed by atoms with van der Waals surface area (Å²) in [6.45, 7) is 1.87. The van der Waals surface area contributed by atoms with Crippen LogP contribution in [0.1, 0.15) is 18.9 Å². The first kappa shape index (κ1) is 11.6. The van der Waals surface area contributed by atoms with Gasteiger partial charge in [-0.3, -0.25) is 4.79 Å². The highest BCUT2D eigenvalue weighted by Gasteiger charge is 2.17. The van der Waals surface area contributed by atoms with Crippen molar-refractivity contribution in [3.05, 3.63) is 40.0 Å². The van der Waals surface area contributed by atoms with Crippen LogP contribution >= 0.6 is 11.3 Å². The van der Waals surface area contributed by atoms with Crippen molar-refractivity contribution in [2.45, 2.75) is 18.9 Å². The van der Waals surface area contributed by atoms with E-state index in [-0.39, 0.29) is 11.6 Å². The summed E-state index contributed by atoms with van der Waals surface area (Å²) in [7, 11) is 0. The second-order valence-corrected chi connectivity index (χ2v) is 5.43. The second kappa shape index (κ2) is 5.04. The zero-order valence-corrected chi connectivity index (χ0v) is 10.8. The van der Waals surface area contributed by atoms with Crippen LogP contribution in [-0.2, 0) is 0 Å². The zero-order valence-electron chi connectivity index (χ0n) is 10.0. The number of rotatable bonds is 2. The number of nitrogens with one attached hydrogen (secondary N) is 1. The van der Waals surface area contributed by atoms with Crippen LogP contribution in [0.3, 0.4) is 0 Å². The summed E-state index contributed by atoms with van der Waals surface area (Å²) >= 11 is 1.64. The molecule has 0 spiro atoms. The van der Waals surface area contributed by atoms with Crippen molar-refractivity contribution in [2.75, 3.05) is 13.1 Å². The molecular formula is C13H15N3OS. The Bertz CT molecular complexity index is 570. The lowest BCUT2D eigenvalue weighted by Gasteiger charge is -2.23. The molecular weight excluding hydrogens is 246 g/mol. The summed E-state index contributed by atoms with van der Waals surface area (Å²) in [6, 6.07) is 7.64. The first-order valence-corrected chi connectivity index (χ1v) is 7.07. The molecule has 1 saturated heterocycles. The SMILES string of the molecule is O=c1ccc(-c2cccs2)nn1C1CCCNC1. The predicted octanol–water partition coefficient (Wildman–Crippen LogP) is 1.90. The number of hydrogen-bond acceptors (Lipinski definition) is 4. The number of nitrogens with zero attached hydrogens (tertiary/aromatic N) is 2. The van der Waals surface area contributed by atoms with Crippen molar-refractivity contribution in [3.8, 4) is 10.6 Å². The van der Waals surface area contributed by atoms with Crippen LogP contribution < -0.4 is 10.9 Å². The Kier molecular flexibility index (Phi) is 3.25. The Hall–Kier alpha value is -1.46. The van der Waals surface area contributed by atoms with Gasteiger partial charge >= 0.3 is 0 Å². The maximum Gasteiger partial charge on any atom is 0.267 e. The Morgan fingerprint density at radius 3 is 3.06 bits per heavy atom. The first-order chi connectivity index (χ1) is 8.84. The smallest absolute Gasteiger partial charge is 0.267 e. The highest BCUT2D eigenvalue weighted by Crippen LogP contribution is 2.22. The van der Waals surface area contributed by atoms with Gasteiger partial charge in [0.15, 0.2) is 0 Å².